The summed E-state index contributed by atoms with van der Waals surface area (Å²) in [5, 5.41) is 8.34. The highest BCUT2D eigenvalue weighted by Crippen LogP contribution is 2.19. The lowest BCUT2D eigenvalue weighted by Gasteiger charge is -2.14. The van der Waals surface area contributed by atoms with Crippen molar-refractivity contribution in [1.29, 1.82) is 5.26 Å². The molecule has 0 bridgehead atoms. The molecule has 13 heavy (non-hydrogen) atoms. The van der Waals surface area contributed by atoms with Crippen molar-refractivity contribution in [3.63, 3.8) is 0 Å². The molecular formula is C11H19NO. The average Bonchev–Trinajstić information content (AvgIpc) is 2.41. The highest BCUT2D eigenvalue weighted by molar-refractivity contribution is 4.68. The van der Waals surface area contributed by atoms with Crippen LogP contribution in [0.1, 0.15) is 51.4 Å². The van der Waals surface area contributed by atoms with E-state index < -0.39 is 0 Å². The molecule has 0 aromatic carbocycles. The highest BCUT2D eigenvalue weighted by Gasteiger charge is 2.11. The van der Waals surface area contributed by atoms with Gasteiger partial charge >= 0.3 is 0 Å². The molecule has 1 aliphatic rings. The summed E-state index contributed by atoms with van der Waals surface area (Å²) in [7, 11) is 0. The summed E-state index contributed by atoms with van der Waals surface area (Å²) >= 11 is 0. The van der Waals surface area contributed by atoms with Crippen LogP contribution in [0, 0.1) is 11.3 Å². The first-order valence-electron chi connectivity index (χ1n) is 5.42. The molecule has 0 heterocycles. The number of rotatable bonds is 4. The smallest absolute Gasteiger partial charge is 0.0622 e. The summed E-state index contributed by atoms with van der Waals surface area (Å²) < 4.78 is 5.71. The number of nitrogens with zero attached hydrogens (tertiary/aromatic N) is 1. The second-order valence-electron chi connectivity index (χ2n) is 3.75. The van der Waals surface area contributed by atoms with E-state index >= 15 is 0 Å². The van der Waals surface area contributed by atoms with Crippen LogP contribution in [0.15, 0.2) is 0 Å². The molecule has 1 saturated carbocycles. The number of hydrogen-bond donors (Lipinski definition) is 0. The van der Waals surface area contributed by atoms with Gasteiger partial charge in [0.2, 0.25) is 0 Å². The fraction of sp³-hybridized carbons (Fsp3) is 0.909. The zero-order chi connectivity index (χ0) is 9.36. The molecule has 1 fully saturated rings. The third-order valence-corrected chi connectivity index (χ3v) is 2.59. The van der Waals surface area contributed by atoms with Crippen LogP contribution < -0.4 is 0 Å². The van der Waals surface area contributed by atoms with Crippen molar-refractivity contribution < 1.29 is 4.74 Å². The molecule has 1 rings (SSSR count). The maximum absolute atomic E-state index is 8.34. The van der Waals surface area contributed by atoms with E-state index in [0.717, 1.165) is 13.0 Å². The normalized spacial score (nSPS) is 19.3. The number of ether oxygens (including phenoxy) is 1. The molecule has 2 heteroatoms. The van der Waals surface area contributed by atoms with Gasteiger partial charge in [-0.3, -0.25) is 0 Å². The Bertz CT molecular complexity index is 154. The Hall–Kier alpha value is -0.550. The van der Waals surface area contributed by atoms with E-state index in [1.54, 1.807) is 0 Å². The van der Waals surface area contributed by atoms with Crippen LogP contribution in [0.2, 0.25) is 0 Å². The molecule has 0 amide bonds. The predicted octanol–water partition coefficient (Wildman–Crippen LogP) is 3.03. The molecule has 1 aliphatic carbocycles. The van der Waals surface area contributed by atoms with E-state index in [1.165, 1.54) is 38.5 Å². The Morgan fingerprint density at radius 3 is 2.46 bits per heavy atom. The molecule has 0 spiro atoms. The minimum atomic E-state index is 0.487. The molecule has 0 N–H and O–H groups in total. The van der Waals surface area contributed by atoms with Gasteiger partial charge in [0.1, 0.15) is 0 Å². The first kappa shape index (κ1) is 10.5. The fourth-order valence-electron chi connectivity index (χ4n) is 1.81. The van der Waals surface area contributed by atoms with E-state index in [1.807, 2.05) is 0 Å². The van der Waals surface area contributed by atoms with Gasteiger partial charge in [0, 0.05) is 13.0 Å². The second kappa shape index (κ2) is 6.91. The largest absolute Gasteiger partial charge is 0.378 e. The zero-order valence-corrected chi connectivity index (χ0v) is 8.30. The van der Waals surface area contributed by atoms with Gasteiger partial charge in [-0.05, 0) is 19.3 Å². The van der Waals surface area contributed by atoms with Crippen LogP contribution in [0.25, 0.3) is 0 Å². The number of hydrogen-bond acceptors (Lipinski definition) is 2. The Kier molecular flexibility index (Phi) is 5.60. The summed E-state index contributed by atoms with van der Waals surface area (Å²) in [5.41, 5.74) is 0. The van der Waals surface area contributed by atoms with Crippen LogP contribution in [-0.4, -0.2) is 12.7 Å². The number of unbranched alkanes of at least 4 members (excludes halogenated alkanes) is 1. The molecule has 2 nitrogen and oxygen atoms in total. The zero-order valence-electron chi connectivity index (χ0n) is 8.30. The molecule has 0 aromatic rings. The summed E-state index contributed by atoms with van der Waals surface area (Å²) in [4.78, 5) is 0. The lowest BCUT2D eigenvalue weighted by molar-refractivity contribution is 0.0423. The van der Waals surface area contributed by atoms with Gasteiger partial charge in [-0.1, -0.05) is 25.7 Å². The van der Waals surface area contributed by atoms with E-state index in [0.29, 0.717) is 12.5 Å². The maximum atomic E-state index is 8.34. The molecule has 0 saturated heterocycles. The molecule has 0 aliphatic heterocycles. The van der Waals surface area contributed by atoms with Crippen LogP contribution in [0.5, 0.6) is 0 Å². The molecule has 0 atom stereocenters. The first-order valence-corrected chi connectivity index (χ1v) is 5.42. The van der Waals surface area contributed by atoms with Crippen molar-refractivity contribution >= 4 is 0 Å². The Morgan fingerprint density at radius 1 is 1.15 bits per heavy atom. The van der Waals surface area contributed by atoms with Crippen molar-refractivity contribution in [1.82, 2.24) is 0 Å². The third kappa shape index (κ3) is 4.90. The Morgan fingerprint density at radius 2 is 1.85 bits per heavy atom. The van der Waals surface area contributed by atoms with Gasteiger partial charge in [-0.15, -0.1) is 0 Å². The van der Waals surface area contributed by atoms with Crippen LogP contribution >= 0.6 is 0 Å². The van der Waals surface area contributed by atoms with Crippen molar-refractivity contribution in [2.45, 2.75) is 57.5 Å². The maximum Gasteiger partial charge on any atom is 0.0622 e. The average molecular weight is 181 g/mol. The monoisotopic (exact) mass is 181 g/mol. The third-order valence-electron chi connectivity index (χ3n) is 2.59. The van der Waals surface area contributed by atoms with Gasteiger partial charge in [0.15, 0.2) is 0 Å². The molecule has 0 unspecified atom stereocenters. The predicted molar refractivity (Wildman–Crippen MR) is 52.3 cm³/mol. The minimum absolute atomic E-state index is 0.487. The Balaban J connectivity index is 2.02. The van der Waals surface area contributed by atoms with E-state index in [2.05, 4.69) is 6.07 Å². The first-order chi connectivity index (χ1) is 6.43. The van der Waals surface area contributed by atoms with Crippen LogP contribution in [0.4, 0.5) is 0 Å². The number of nitriles is 1. The SMILES string of the molecule is N#CCCCOC1CCCCCC1. The molecule has 0 aromatic heterocycles. The van der Waals surface area contributed by atoms with E-state index in [9.17, 15) is 0 Å². The van der Waals surface area contributed by atoms with Gasteiger partial charge in [-0.25, -0.2) is 0 Å². The van der Waals surface area contributed by atoms with Gasteiger partial charge < -0.3 is 4.74 Å². The fourth-order valence-corrected chi connectivity index (χ4v) is 1.81. The second-order valence-corrected chi connectivity index (χ2v) is 3.75. The van der Waals surface area contributed by atoms with E-state index in [4.69, 9.17) is 10.00 Å². The quantitative estimate of drug-likeness (QED) is 0.493. The summed E-state index contributed by atoms with van der Waals surface area (Å²) in [5.74, 6) is 0. The van der Waals surface area contributed by atoms with Crippen molar-refractivity contribution in [2.75, 3.05) is 6.61 Å². The molecular weight excluding hydrogens is 162 g/mol. The van der Waals surface area contributed by atoms with Gasteiger partial charge in [0.25, 0.3) is 0 Å². The summed E-state index contributed by atoms with van der Waals surface area (Å²) in [6.45, 7) is 0.776. The van der Waals surface area contributed by atoms with Gasteiger partial charge in [-0.2, -0.15) is 5.26 Å². The van der Waals surface area contributed by atoms with E-state index in [-0.39, 0.29) is 0 Å². The van der Waals surface area contributed by atoms with Gasteiger partial charge in [0.05, 0.1) is 12.2 Å². The summed E-state index contributed by atoms with van der Waals surface area (Å²) in [6, 6.07) is 2.14. The highest BCUT2D eigenvalue weighted by atomic mass is 16.5. The van der Waals surface area contributed by atoms with Crippen LogP contribution in [0.3, 0.4) is 0 Å². The topological polar surface area (TPSA) is 33.0 Å². The lowest BCUT2D eigenvalue weighted by atomic mass is 10.1. The summed E-state index contributed by atoms with van der Waals surface area (Å²) in [6.07, 6.45) is 9.86. The van der Waals surface area contributed by atoms with Crippen molar-refractivity contribution in [3.8, 4) is 6.07 Å². The Labute approximate surface area is 80.9 Å². The van der Waals surface area contributed by atoms with Crippen molar-refractivity contribution in [3.05, 3.63) is 0 Å². The molecule has 0 radical (unpaired) electrons. The van der Waals surface area contributed by atoms with Crippen molar-refractivity contribution in [2.24, 2.45) is 0 Å². The minimum Gasteiger partial charge on any atom is -0.378 e. The lowest BCUT2D eigenvalue weighted by Crippen LogP contribution is -2.12. The van der Waals surface area contributed by atoms with Crippen LogP contribution in [-0.2, 0) is 4.74 Å². The standard InChI is InChI=1S/C11H19NO/c12-9-5-6-10-13-11-7-3-1-2-4-8-11/h11H,1-8,10H2. The molecule has 74 valence electrons.